The summed E-state index contributed by atoms with van der Waals surface area (Å²) >= 11 is 0. The summed E-state index contributed by atoms with van der Waals surface area (Å²) in [5.41, 5.74) is 7.73. The van der Waals surface area contributed by atoms with Crippen LogP contribution in [0.5, 0.6) is 5.75 Å². The van der Waals surface area contributed by atoms with Crippen LogP contribution in [0.2, 0.25) is 0 Å². The van der Waals surface area contributed by atoms with Crippen LogP contribution in [0, 0.1) is 0 Å². The molecule has 1 aromatic carbocycles. The van der Waals surface area contributed by atoms with E-state index in [1.54, 1.807) is 0 Å². The Hall–Kier alpha value is -1.81. The molecule has 4 heteroatoms. The Morgan fingerprint density at radius 1 is 1.35 bits per heavy atom. The normalized spacial score (nSPS) is 10.5. The molecule has 1 aromatic heterocycles. The number of benzene rings is 1. The van der Waals surface area contributed by atoms with Crippen LogP contribution >= 0.6 is 0 Å². The number of rotatable bonds is 5. The molecule has 17 heavy (non-hydrogen) atoms. The van der Waals surface area contributed by atoms with E-state index < -0.39 is 0 Å². The summed E-state index contributed by atoms with van der Waals surface area (Å²) in [6.07, 6.45) is 3.82. The first-order chi connectivity index (χ1) is 8.31. The maximum atomic E-state index is 5.68. The SMILES string of the molecule is CCn1cc(COc2cccc(CN)c2)cn1. The van der Waals surface area contributed by atoms with Crippen molar-refractivity contribution in [2.75, 3.05) is 0 Å². The number of ether oxygens (including phenoxy) is 1. The van der Waals surface area contributed by atoms with E-state index in [0.717, 1.165) is 23.4 Å². The summed E-state index contributed by atoms with van der Waals surface area (Å²) in [5, 5.41) is 4.20. The van der Waals surface area contributed by atoms with Gasteiger partial charge in [0.05, 0.1) is 6.20 Å². The molecule has 0 fully saturated rings. The molecule has 0 aliphatic carbocycles. The Bertz CT molecular complexity index is 479. The molecule has 0 spiro atoms. The molecule has 90 valence electrons. The van der Waals surface area contributed by atoms with Crippen LogP contribution in [0.3, 0.4) is 0 Å². The van der Waals surface area contributed by atoms with Gasteiger partial charge in [-0.15, -0.1) is 0 Å². The minimum atomic E-state index is 0.533. The molecular weight excluding hydrogens is 214 g/mol. The van der Waals surface area contributed by atoms with Gasteiger partial charge in [-0.25, -0.2) is 0 Å². The molecule has 0 unspecified atom stereocenters. The number of aryl methyl sites for hydroxylation is 1. The highest BCUT2D eigenvalue weighted by molar-refractivity contribution is 5.28. The third kappa shape index (κ3) is 3.07. The fourth-order valence-electron chi connectivity index (χ4n) is 1.58. The minimum absolute atomic E-state index is 0.533. The lowest BCUT2D eigenvalue weighted by atomic mass is 10.2. The average molecular weight is 231 g/mol. The van der Waals surface area contributed by atoms with Crippen LogP contribution in [0.15, 0.2) is 36.7 Å². The van der Waals surface area contributed by atoms with Crippen molar-refractivity contribution in [3.05, 3.63) is 47.8 Å². The van der Waals surface area contributed by atoms with Gasteiger partial charge in [0.15, 0.2) is 0 Å². The summed E-state index contributed by atoms with van der Waals surface area (Å²) in [6, 6.07) is 7.84. The minimum Gasteiger partial charge on any atom is -0.489 e. The van der Waals surface area contributed by atoms with Gasteiger partial charge in [-0.3, -0.25) is 4.68 Å². The van der Waals surface area contributed by atoms with E-state index in [9.17, 15) is 0 Å². The quantitative estimate of drug-likeness (QED) is 0.855. The van der Waals surface area contributed by atoms with Gasteiger partial charge < -0.3 is 10.5 Å². The number of hydrogen-bond acceptors (Lipinski definition) is 3. The lowest BCUT2D eigenvalue weighted by molar-refractivity contribution is 0.306. The highest BCUT2D eigenvalue weighted by Crippen LogP contribution is 2.14. The predicted molar refractivity (Wildman–Crippen MR) is 66.6 cm³/mol. The summed E-state index contributed by atoms with van der Waals surface area (Å²) in [7, 11) is 0. The predicted octanol–water partition coefficient (Wildman–Crippen LogP) is 1.94. The van der Waals surface area contributed by atoms with Crippen molar-refractivity contribution in [2.24, 2.45) is 5.73 Å². The molecule has 2 rings (SSSR count). The third-order valence-electron chi connectivity index (χ3n) is 2.55. The fraction of sp³-hybridized carbons (Fsp3) is 0.308. The lowest BCUT2D eigenvalue weighted by Gasteiger charge is -2.05. The molecule has 0 bridgehead atoms. The van der Waals surface area contributed by atoms with E-state index in [4.69, 9.17) is 10.5 Å². The van der Waals surface area contributed by atoms with Crippen LogP contribution in [0.4, 0.5) is 0 Å². The van der Waals surface area contributed by atoms with E-state index in [-0.39, 0.29) is 0 Å². The molecule has 4 nitrogen and oxygen atoms in total. The maximum Gasteiger partial charge on any atom is 0.120 e. The highest BCUT2D eigenvalue weighted by Gasteiger charge is 1.99. The van der Waals surface area contributed by atoms with Crippen molar-refractivity contribution in [2.45, 2.75) is 26.6 Å². The number of nitrogens with zero attached hydrogens (tertiary/aromatic N) is 2. The number of nitrogens with two attached hydrogens (primary N) is 1. The zero-order chi connectivity index (χ0) is 12.1. The zero-order valence-electron chi connectivity index (χ0n) is 9.97. The summed E-state index contributed by atoms with van der Waals surface area (Å²) in [6.45, 7) is 4.00. The third-order valence-corrected chi connectivity index (χ3v) is 2.55. The van der Waals surface area contributed by atoms with Gasteiger partial charge in [0.1, 0.15) is 12.4 Å². The van der Waals surface area contributed by atoms with Crippen LogP contribution < -0.4 is 10.5 Å². The second-order valence-electron chi connectivity index (χ2n) is 3.84. The van der Waals surface area contributed by atoms with Crippen LogP contribution in [0.25, 0.3) is 0 Å². The monoisotopic (exact) mass is 231 g/mol. The second kappa shape index (κ2) is 5.50. The summed E-state index contributed by atoms with van der Waals surface area (Å²) < 4.78 is 7.57. The lowest BCUT2D eigenvalue weighted by Crippen LogP contribution is -1.98. The topological polar surface area (TPSA) is 53.1 Å². The first-order valence-electron chi connectivity index (χ1n) is 5.75. The zero-order valence-corrected chi connectivity index (χ0v) is 9.97. The Morgan fingerprint density at radius 2 is 2.24 bits per heavy atom. The molecule has 0 saturated carbocycles. The van der Waals surface area contributed by atoms with Crippen molar-refractivity contribution < 1.29 is 4.74 Å². The molecule has 0 saturated heterocycles. The van der Waals surface area contributed by atoms with E-state index in [0.29, 0.717) is 13.2 Å². The van der Waals surface area contributed by atoms with Gasteiger partial charge in [0, 0.05) is 24.8 Å². The molecule has 0 aliphatic heterocycles. The maximum absolute atomic E-state index is 5.68. The van der Waals surface area contributed by atoms with Crippen molar-refractivity contribution in [3.8, 4) is 5.75 Å². The standard InChI is InChI=1S/C13H17N3O/c1-2-16-9-12(8-15-16)10-17-13-5-3-4-11(6-13)7-14/h3-6,8-9H,2,7,10,14H2,1H3. The number of hydrogen-bond donors (Lipinski definition) is 1. The van der Waals surface area contributed by atoms with E-state index in [2.05, 4.69) is 12.0 Å². The summed E-state index contributed by atoms with van der Waals surface area (Å²) in [5.74, 6) is 0.845. The van der Waals surface area contributed by atoms with Crippen LogP contribution in [-0.4, -0.2) is 9.78 Å². The van der Waals surface area contributed by atoms with Gasteiger partial charge >= 0.3 is 0 Å². The first-order valence-corrected chi connectivity index (χ1v) is 5.75. The highest BCUT2D eigenvalue weighted by atomic mass is 16.5. The molecule has 0 atom stereocenters. The van der Waals surface area contributed by atoms with Gasteiger partial charge in [0.2, 0.25) is 0 Å². The smallest absolute Gasteiger partial charge is 0.120 e. The molecule has 0 radical (unpaired) electrons. The number of aromatic nitrogens is 2. The van der Waals surface area contributed by atoms with Crippen molar-refractivity contribution in [1.82, 2.24) is 9.78 Å². The molecule has 2 aromatic rings. The van der Waals surface area contributed by atoms with Crippen LogP contribution in [0.1, 0.15) is 18.1 Å². The molecule has 0 aliphatic rings. The van der Waals surface area contributed by atoms with Gasteiger partial charge in [-0.1, -0.05) is 12.1 Å². The van der Waals surface area contributed by atoms with Gasteiger partial charge in [-0.2, -0.15) is 5.10 Å². The van der Waals surface area contributed by atoms with Crippen molar-refractivity contribution >= 4 is 0 Å². The fourth-order valence-corrected chi connectivity index (χ4v) is 1.58. The average Bonchev–Trinajstić information content (AvgIpc) is 2.84. The Balaban J connectivity index is 1.96. The molecule has 1 heterocycles. The van der Waals surface area contributed by atoms with E-state index in [1.807, 2.05) is 41.3 Å². The van der Waals surface area contributed by atoms with Crippen LogP contribution in [-0.2, 0) is 19.7 Å². The van der Waals surface area contributed by atoms with E-state index in [1.165, 1.54) is 0 Å². The molecule has 2 N–H and O–H groups in total. The van der Waals surface area contributed by atoms with Gasteiger partial charge in [0.25, 0.3) is 0 Å². The molecule has 0 amide bonds. The second-order valence-corrected chi connectivity index (χ2v) is 3.84. The Kier molecular flexibility index (Phi) is 3.77. The van der Waals surface area contributed by atoms with Crippen molar-refractivity contribution in [3.63, 3.8) is 0 Å². The molecular formula is C13H17N3O. The Labute approximate surface area is 101 Å². The largest absolute Gasteiger partial charge is 0.489 e. The van der Waals surface area contributed by atoms with Gasteiger partial charge in [-0.05, 0) is 24.6 Å². The van der Waals surface area contributed by atoms with Crippen molar-refractivity contribution in [1.29, 1.82) is 0 Å². The summed E-state index contributed by atoms with van der Waals surface area (Å²) in [4.78, 5) is 0. The first kappa shape index (κ1) is 11.7. The Morgan fingerprint density at radius 3 is 2.94 bits per heavy atom. The van der Waals surface area contributed by atoms with E-state index >= 15 is 0 Å².